The first kappa shape index (κ1) is 20.7. The van der Waals surface area contributed by atoms with Crippen molar-refractivity contribution in [1.82, 2.24) is 0 Å². The molecule has 0 fully saturated rings. The molecule has 0 aromatic carbocycles. The summed E-state index contributed by atoms with van der Waals surface area (Å²) in [6.45, 7) is 21.5. The van der Waals surface area contributed by atoms with Gasteiger partial charge in [-0.05, 0) is 30.8 Å². The molecular formula is C15H36O2SSi2. The first-order valence-corrected chi connectivity index (χ1v) is 15.5. The minimum atomic E-state index is -2.09. The van der Waals surface area contributed by atoms with Gasteiger partial charge in [0.05, 0.1) is 5.44 Å². The minimum absolute atomic E-state index is 0.261. The van der Waals surface area contributed by atoms with Gasteiger partial charge < -0.3 is 8.85 Å². The molecule has 0 aliphatic rings. The fourth-order valence-electron chi connectivity index (χ4n) is 2.27. The zero-order valence-electron chi connectivity index (χ0n) is 15.1. The van der Waals surface area contributed by atoms with Crippen LogP contribution in [0.4, 0.5) is 0 Å². The molecule has 2 nitrogen and oxygen atoms in total. The third-order valence-electron chi connectivity index (χ3n) is 2.66. The molecule has 0 amide bonds. The van der Waals surface area contributed by atoms with Gasteiger partial charge in [0.2, 0.25) is 0 Å². The largest absolute Gasteiger partial charge is 0.394 e. The van der Waals surface area contributed by atoms with Crippen molar-refractivity contribution >= 4 is 27.0 Å². The topological polar surface area (TPSA) is 18.5 Å². The Kier molecular flexibility index (Phi) is 8.66. The molecule has 20 heavy (non-hydrogen) atoms. The van der Waals surface area contributed by atoms with Crippen LogP contribution >= 0.6 is 11.2 Å². The molecule has 0 spiro atoms. The third-order valence-corrected chi connectivity index (χ3v) is 10.4. The normalized spacial score (nSPS) is 17.9. The standard InChI is InChI=1S/C15H36O2SSi2/c1-10-12-16-20(9,13-15(3,4)5)17-14(11-2)18-19(6,7)8/h14H,10-13H2,1-9H3. The second-order valence-electron chi connectivity index (χ2n) is 7.91. The smallest absolute Gasteiger partial charge is 0.336 e. The summed E-state index contributed by atoms with van der Waals surface area (Å²) in [4.78, 5) is 0. The molecule has 0 bridgehead atoms. The highest BCUT2D eigenvalue weighted by Crippen LogP contribution is 2.35. The van der Waals surface area contributed by atoms with Gasteiger partial charge >= 0.3 is 8.56 Å². The molecule has 0 saturated heterocycles. The van der Waals surface area contributed by atoms with E-state index in [9.17, 15) is 0 Å². The molecule has 2 unspecified atom stereocenters. The maximum absolute atomic E-state index is 6.56. The van der Waals surface area contributed by atoms with Gasteiger partial charge in [-0.1, -0.05) is 54.3 Å². The number of rotatable bonds is 9. The highest BCUT2D eigenvalue weighted by molar-refractivity contribution is 8.28. The summed E-state index contributed by atoms with van der Waals surface area (Å²) in [5.41, 5.74) is 0.564. The Balaban J connectivity index is 4.84. The van der Waals surface area contributed by atoms with Gasteiger partial charge in [-0.3, -0.25) is 0 Å². The molecule has 0 aliphatic heterocycles. The lowest BCUT2D eigenvalue weighted by atomic mass is 10.0. The lowest BCUT2D eigenvalue weighted by Gasteiger charge is -2.37. The third kappa shape index (κ3) is 10.4. The van der Waals surface area contributed by atoms with Crippen molar-refractivity contribution in [1.29, 1.82) is 0 Å². The Labute approximate surface area is 133 Å². The van der Waals surface area contributed by atoms with E-state index in [1.54, 1.807) is 0 Å². The van der Waals surface area contributed by atoms with Crippen LogP contribution in [0.1, 0.15) is 47.5 Å². The monoisotopic (exact) mass is 336 g/mol. The molecule has 0 radical (unpaired) electrons. The Hall–Kier alpha value is 0.704. The maximum atomic E-state index is 6.56. The second-order valence-corrected chi connectivity index (χ2v) is 20.4. The molecule has 0 aromatic heterocycles. The van der Waals surface area contributed by atoms with Crippen LogP contribution in [0, 0.1) is 5.41 Å². The van der Waals surface area contributed by atoms with Crippen LogP contribution in [0.3, 0.4) is 0 Å². The van der Waals surface area contributed by atoms with Gasteiger partial charge in [0.25, 0.3) is 0 Å². The van der Waals surface area contributed by atoms with E-state index in [1.165, 1.54) is 0 Å². The van der Waals surface area contributed by atoms with Crippen molar-refractivity contribution in [3.63, 3.8) is 0 Å². The molecule has 0 aromatic rings. The summed E-state index contributed by atoms with van der Waals surface area (Å²) in [7, 11) is -3.26. The Morgan fingerprint density at radius 3 is 1.95 bits per heavy atom. The molecule has 0 N–H and O–H groups in total. The van der Waals surface area contributed by atoms with Gasteiger partial charge in [0.15, 0.2) is 0 Å². The summed E-state index contributed by atoms with van der Waals surface area (Å²) in [6, 6.07) is 1.06. The average molecular weight is 337 g/mol. The summed E-state index contributed by atoms with van der Waals surface area (Å²) in [6.07, 6.45) is 2.13. The van der Waals surface area contributed by atoms with E-state index in [4.69, 9.17) is 8.85 Å². The van der Waals surface area contributed by atoms with Crippen LogP contribution in [0.2, 0.25) is 32.2 Å². The van der Waals surface area contributed by atoms with Crippen molar-refractivity contribution < 1.29 is 8.85 Å². The summed E-state index contributed by atoms with van der Waals surface area (Å²) in [5.74, 6) is 0. The van der Waals surface area contributed by atoms with Crippen LogP contribution in [-0.4, -0.2) is 27.8 Å². The van der Waals surface area contributed by atoms with Gasteiger partial charge in [0, 0.05) is 6.61 Å². The fourth-order valence-corrected chi connectivity index (χ4v) is 10.9. The molecular weight excluding hydrogens is 300 g/mol. The maximum Gasteiger partial charge on any atom is 0.336 e. The lowest BCUT2D eigenvalue weighted by Crippen LogP contribution is -2.45. The van der Waals surface area contributed by atoms with E-state index in [0.29, 0.717) is 5.44 Å². The van der Waals surface area contributed by atoms with E-state index in [1.807, 2.05) is 0 Å². The number of hydrogen-bond acceptors (Lipinski definition) is 3. The van der Waals surface area contributed by atoms with Crippen molar-refractivity contribution in [2.45, 2.75) is 85.1 Å². The molecule has 2 atom stereocenters. The van der Waals surface area contributed by atoms with Crippen molar-refractivity contribution in [2.24, 2.45) is 5.41 Å². The second kappa shape index (κ2) is 8.37. The summed E-state index contributed by atoms with van der Waals surface area (Å²) >= 11 is 2.06. The van der Waals surface area contributed by atoms with Crippen molar-refractivity contribution in [3.05, 3.63) is 0 Å². The van der Waals surface area contributed by atoms with Crippen molar-refractivity contribution in [2.75, 3.05) is 6.61 Å². The Bertz CT molecular complexity index is 274. The van der Waals surface area contributed by atoms with E-state index in [0.717, 1.165) is 25.5 Å². The SMILES string of the molecule is CCCO[Si](C)(CC(C)(C)C)OC(CC)S[Si](C)(C)C. The predicted molar refractivity (Wildman–Crippen MR) is 98.2 cm³/mol. The Morgan fingerprint density at radius 1 is 1.05 bits per heavy atom. The summed E-state index contributed by atoms with van der Waals surface area (Å²) < 4.78 is 12.8. The first-order valence-electron chi connectivity index (χ1n) is 7.90. The molecule has 5 heteroatoms. The van der Waals surface area contributed by atoms with Crippen LogP contribution in [0.25, 0.3) is 0 Å². The van der Waals surface area contributed by atoms with Gasteiger partial charge in [0.1, 0.15) is 7.22 Å². The molecule has 0 aliphatic carbocycles. The molecule has 0 heterocycles. The van der Waals surface area contributed by atoms with E-state index in [2.05, 4.69) is 72.0 Å². The molecule has 122 valence electrons. The highest BCUT2D eigenvalue weighted by Gasteiger charge is 2.39. The molecule has 0 saturated carbocycles. The quantitative estimate of drug-likeness (QED) is 0.388. The van der Waals surface area contributed by atoms with Crippen LogP contribution in [0.5, 0.6) is 0 Å². The van der Waals surface area contributed by atoms with Crippen LogP contribution in [0.15, 0.2) is 0 Å². The average Bonchev–Trinajstić information content (AvgIpc) is 2.21. The predicted octanol–water partition coefficient (Wildman–Crippen LogP) is 5.85. The fraction of sp³-hybridized carbons (Fsp3) is 1.00. The first-order chi connectivity index (χ1) is 8.91. The van der Waals surface area contributed by atoms with Gasteiger partial charge in [-0.2, -0.15) is 11.2 Å². The van der Waals surface area contributed by atoms with Gasteiger partial charge in [-0.15, -0.1) is 0 Å². The zero-order valence-corrected chi connectivity index (χ0v) is 17.9. The Morgan fingerprint density at radius 2 is 1.60 bits per heavy atom. The highest BCUT2D eigenvalue weighted by atomic mass is 32.4. The van der Waals surface area contributed by atoms with E-state index < -0.39 is 15.8 Å². The minimum Gasteiger partial charge on any atom is -0.394 e. The van der Waals surface area contributed by atoms with Crippen LogP contribution in [-0.2, 0) is 8.85 Å². The van der Waals surface area contributed by atoms with Gasteiger partial charge in [-0.25, -0.2) is 0 Å². The van der Waals surface area contributed by atoms with E-state index in [-0.39, 0.29) is 5.41 Å². The summed E-state index contributed by atoms with van der Waals surface area (Å²) in [5, 5.41) is 0. The van der Waals surface area contributed by atoms with Crippen molar-refractivity contribution in [3.8, 4) is 0 Å². The van der Waals surface area contributed by atoms with Crippen LogP contribution < -0.4 is 0 Å². The van der Waals surface area contributed by atoms with E-state index >= 15 is 0 Å². The number of hydrogen-bond donors (Lipinski definition) is 0. The zero-order chi connectivity index (χ0) is 16.0. The lowest BCUT2D eigenvalue weighted by molar-refractivity contribution is 0.149. The molecule has 0 rings (SSSR count).